The molecule has 17 heavy (non-hydrogen) atoms. The Balaban J connectivity index is 2.71. The van der Waals surface area contributed by atoms with Gasteiger partial charge < -0.3 is 10.1 Å². The van der Waals surface area contributed by atoms with E-state index in [2.05, 4.69) is 5.32 Å². The first-order valence-electron chi connectivity index (χ1n) is 5.89. The van der Waals surface area contributed by atoms with Crippen molar-refractivity contribution in [2.75, 3.05) is 40.3 Å². The van der Waals surface area contributed by atoms with Gasteiger partial charge >= 0.3 is 0 Å². The van der Waals surface area contributed by atoms with Crippen LogP contribution in [0.3, 0.4) is 0 Å². The van der Waals surface area contributed by atoms with E-state index in [-0.39, 0.29) is 12.1 Å². The molecular formula is C10H23N3O3S. The first-order chi connectivity index (χ1) is 7.89. The SMILES string of the molecule is CNCC1CN(S(=O)(=O)N(C)C(C)C)CCO1. The van der Waals surface area contributed by atoms with Crippen molar-refractivity contribution in [1.82, 2.24) is 13.9 Å². The average Bonchev–Trinajstić information content (AvgIpc) is 2.28. The molecule has 0 spiro atoms. The molecule has 0 radical (unpaired) electrons. The summed E-state index contributed by atoms with van der Waals surface area (Å²) in [5, 5.41) is 3.00. The van der Waals surface area contributed by atoms with Crippen LogP contribution in [-0.2, 0) is 14.9 Å². The summed E-state index contributed by atoms with van der Waals surface area (Å²) in [5.74, 6) is 0. The second-order valence-corrected chi connectivity index (χ2v) is 6.51. The highest BCUT2D eigenvalue weighted by atomic mass is 32.2. The Morgan fingerprint density at radius 1 is 1.53 bits per heavy atom. The maximum absolute atomic E-state index is 12.3. The summed E-state index contributed by atoms with van der Waals surface area (Å²) in [7, 11) is 0.0904. The van der Waals surface area contributed by atoms with Crippen molar-refractivity contribution in [3.63, 3.8) is 0 Å². The van der Waals surface area contributed by atoms with Gasteiger partial charge in [-0.15, -0.1) is 0 Å². The van der Waals surface area contributed by atoms with Gasteiger partial charge in [-0.25, -0.2) is 0 Å². The van der Waals surface area contributed by atoms with Crippen molar-refractivity contribution in [3.05, 3.63) is 0 Å². The van der Waals surface area contributed by atoms with E-state index in [1.165, 1.54) is 8.61 Å². The Hall–Kier alpha value is -0.210. The zero-order valence-electron chi connectivity index (χ0n) is 11.0. The molecule has 102 valence electrons. The Morgan fingerprint density at radius 3 is 2.71 bits per heavy atom. The van der Waals surface area contributed by atoms with E-state index in [9.17, 15) is 8.42 Å². The Bertz CT molecular complexity index is 330. The second kappa shape index (κ2) is 6.10. The van der Waals surface area contributed by atoms with E-state index >= 15 is 0 Å². The highest BCUT2D eigenvalue weighted by Crippen LogP contribution is 2.14. The molecule has 1 fully saturated rings. The van der Waals surface area contributed by atoms with Crippen molar-refractivity contribution in [2.24, 2.45) is 0 Å². The maximum Gasteiger partial charge on any atom is 0.282 e. The van der Waals surface area contributed by atoms with Crippen LogP contribution in [0, 0.1) is 0 Å². The Morgan fingerprint density at radius 2 is 2.18 bits per heavy atom. The van der Waals surface area contributed by atoms with Crippen LogP contribution in [0.2, 0.25) is 0 Å². The molecule has 1 aliphatic rings. The third-order valence-corrected chi connectivity index (χ3v) is 5.08. The standard InChI is InChI=1S/C10H23N3O3S/c1-9(2)12(4)17(14,15)13-5-6-16-10(8-13)7-11-3/h9-11H,5-8H2,1-4H3. The third-order valence-electron chi connectivity index (χ3n) is 2.95. The van der Waals surface area contributed by atoms with Crippen molar-refractivity contribution in [2.45, 2.75) is 26.0 Å². The van der Waals surface area contributed by atoms with Crippen LogP contribution in [-0.4, -0.2) is 69.5 Å². The fraction of sp³-hybridized carbons (Fsp3) is 1.00. The van der Waals surface area contributed by atoms with Crippen molar-refractivity contribution >= 4 is 10.2 Å². The van der Waals surface area contributed by atoms with Gasteiger partial charge in [-0.1, -0.05) is 0 Å². The molecule has 0 amide bonds. The van der Waals surface area contributed by atoms with E-state index in [4.69, 9.17) is 4.74 Å². The van der Waals surface area contributed by atoms with E-state index in [0.717, 1.165) is 0 Å². The van der Waals surface area contributed by atoms with Gasteiger partial charge in [0, 0.05) is 32.7 Å². The second-order valence-electron chi connectivity index (χ2n) is 4.53. The van der Waals surface area contributed by atoms with E-state index in [1.54, 1.807) is 7.05 Å². The molecule has 0 aliphatic carbocycles. The fourth-order valence-electron chi connectivity index (χ4n) is 1.70. The van der Waals surface area contributed by atoms with Crippen LogP contribution in [0.25, 0.3) is 0 Å². The lowest BCUT2D eigenvalue weighted by Crippen LogP contribution is -2.53. The number of hydrogen-bond donors (Lipinski definition) is 1. The molecule has 1 rings (SSSR count). The minimum absolute atomic E-state index is 0.0365. The lowest BCUT2D eigenvalue weighted by Gasteiger charge is -2.35. The molecule has 1 N–H and O–H groups in total. The van der Waals surface area contributed by atoms with Gasteiger partial charge in [0.15, 0.2) is 0 Å². The molecule has 0 saturated carbocycles. The van der Waals surface area contributed by atoms with Crippen LogP contribution < -0.4 is 5.32 Å². The molecule has 0 bridgehead atoms. The first-order valence-corrected chi connectivity index (χ1v) is 7.28. The number of morpholine rings is 1. The molecular weight excluding hydrogens is 242 g/mol. The quantitative estimate of drug-likeness (QED) is 0.727. The van der Waals surface area contributed by atoms with Crippen molar-refractivity contribution in [3.8, 4) is 0 Å². The van der Waals surface area contributed by atoms with Crippen LogP contribution in [0.1, 0.15) is 13.8 Å². The number of nitrogens with one attached hydrogen (secondary N) is 1. The van der Waals surface area contributed by atoms with Crippen LogP contribution in [0.5, 0.6) is 0 Å². The Labute approximate surface area is 104 Å². The predicted molar refractivity (Wildman–Crippen MR) is 67.1 cm³/mol. The van der Waals surface area contributed by atoms with E-state index < -0.39 is 10.2 Å². The molecule has 7 heteroatoms. The summed E-state index contributed by atoms with van der Waals surface area (Å²) >= 11 is 0. The van der Waals surface area contributed by atoms with Gasteiger partial charge in [-0.2, -0.15) is 17.0 Å². The van der Waals surface area contributed by atoms with Gasteiger partial charge in [-0.05, 0) is 20.9 Å². The largest absolute Gasteiger partial charge is 0.374 e. The summed E-state index contributed by atoms with van der Waals surface area (Å²) in [6.45, 7) is 5.70. The number of nitrogens with zero attached hydrogens (tertiary/aromatic N) is 2. The minimum atomic E-state index is -3.35. The smallest absolute Gasteiger partial charge is 0.282 e. The van der Waals surface area contributed by atoms with Gasteiger partial charge in [-0.3, -0.25) is 0 Å². The summed E-state index contributed by atoms with van der Waals surface area (Å²) in [4.78, 5) is 0. The molecule has 0 aromatic heterocycles. The predicted octanol–water partition coefficient (Wildman–Crippen LogP) is -0.508. The summed E-state index contributed by atoms with van der Waals surface area (Å²) < 4.78 is 32.9. The molecule has 1 atom stereocenters. The number of likely N-dealkylation sites (N-methyl/N-ethyl adjacent to an activating group) is 1. The Kier molecular flexibility index (Phi) is 5.33. The molecule has 1 heterocycles. The highest BCUT2D eigenvalue weighted by molar-refractivity contribution is 7.86. The number of hydrogen-bond acceptors (Lipinski definition) is 4. The zero-order valence-corrected chi connectivity index (χ0v) is 11.8. The summed E-state index contributed by atoms with van der Waals surface area (Å²) in [6.07, 6.45) is -0.0657. The van der Waals surface area contributed by atoms with E-state index in [1.807, 2.05) is 20.9 Å². The molecule has 1 saturated heterocycles. The lowest BCUT2D eigenvalue weighted by molar-refractivity contribution is -0.000951. The van der Waals surface area contributed by atoms with Gasteiger partial charge in [0.2, 0.25) is 0 Å². The van der Waals surface area contributed by atoms with Gasteiger partial charge in [0.1, 0.15) is 0 Å². The normalized spacial score (nSPS) is 23.5. The van der Waals surface area contributed by atoms with Gasteiger partial charge in [0.25, 0.3) is 10.2 Å². The van der Waals surface area contributed by atoms with Crippen molar-refractivity contribution < 1.29 is 13.2 Å². The minimum Gasteiger partial charge on any atom is -0.374 e. The zero-order chi connectivity index (χ0) is 13.1. The lowest BCUT2D eigenvalue weighted by atomic mass is 10.3. The molecule has 0 aromatic rings. The topological polar surface area (TPSA) is 61.9 Å². The van der Waals surface area contributed by atoms with Crippen molar-refractivity contribution in [1.29, 1.82) is 0 Å². The third kappa shape index (κ3) is 3.62. The summed E-state index contributed by atoms with van der Waals surface area (Å²) in [5.41, 5.74) is 0. The molecule has 0 aromatic carbocycles. The maximum atomic E-state index is 12.3. The van der Waals surface area contributed by atoms with Crippen LogP contribution in [0.15, 0.2) is 0 Å². The van der Waals surface area contributed by atoms with Gasteiger partial charge in [0.05, 0.1) is 12.7 Å². The molecule has 6 nitrogen and oxygen atoms in total. The average molecular weight is 265 g/mol. The van der Waals surface area contributed by atoms with E-state index in [0.29, 0.717) is 26.2 Å². The highest BCUT2D eigenvalue weighted by Gasteiger charge is 2.33. The van der Waals surface area contributed by atoms with Crippen LogP contribution >= 0.6 is 0 Å². The molecule has 1 aliphatic heterocycles. The number of rotatable bonds is 5. The molecule has 1 unspecified atom stereocenters. The van der Waals surface area contributed by atoms with Crippen LogP contribution in [0.4, 0.5) is 0 Å². The summed E-state index contributed by atoms with van der Waals surface area (Å²) in [6, 6.07) is -0.0365. The first kappa shape index (κ1) is 14.8. The number of ether oxygens (including phenoxy) is 1. The fourth-order valence-corrected chi connectivity index (χ4v) is 3.26. The monoisotopic (exact) mass is 265 g/mol.